The Morgan fingerprint density at radius 1 is 1.05 bits per heavy atom. The van der Waals surface area contributed by atoms with Crippen LogP contribution in [0, 0.1) is 34.5 Å². The Balaban J connectivity index is 1.67. The van der Waals surface area contributed by atoms with E-state index in [2.05, 4.69) is 33.4 Å². The zero-order valence-electron chi connectivity index (χ0n) is 15.0. The maximum absolute atomic E-state index is 4.25. The summed E-state index contributed by atoms with van der Waals surface area (Å²) < 4.78 is 0. The number of hydrogen-bond donors (Lipinski definition) is 0. The molecule has 3 unspecified atom stereocenters. The van der Waals surface area contributed by atoms with Gasteiger partial charge in [0.2, 0.25) is 0 Å². The lowest BCUT2D eigenvalue weighted by atomic mass is 9.46. The van der Waals surface area contributed by atoms with Crippen LogP contribution in [-0.2, 0) is 0 Å². The predicted octanol–water partition coefficient (Wildman–Crippen LogP) is 6.53. The average Bonchev–Trinajstić information content (AvgIpc) is 2.84. The van der Waals surface area contributed by atoms with E-state index in [1.54, 1.807) is 5.57 Å². The molecule has 0 spiro atoms. The summed E-state index contributed by atoms with van der Waals surface area (Å²) in [6, 6.07) is 0. The molecule has 0 aliphatic heterocycles. The van der Waals surface area contributed by atoms with Crippen LogP contribution in [0.5, 0.6) is 0 Å². The van der Waals surface area contributed by atoms with Gasteiger partial charge in [0, 0.05) is 0 Å². The van der Waals surface area contributed by atoms with Crippen molar-refractivity contribution in [1.82, 2.24) is 0 Å². The monoisotopic (exact) mass is 298 g/mol. The highest BCUT2D eigenvalue weighted by Crippen LogP contribution is 2.67. The first-order valence-electron chi connectivity index (χ1n) is 9.88. The highest BCUT2D eigenvalue weighted by atomic mass is 14.6. The minimum Gasteiger partial charge on any atom is -0.0958 e. The van der Waals surface area contributed by atoms with E-state index in [1.165, 1.54) is 63.4 Å². The zero-order valence-corrected chi connectivity index (χ0v) is 15.0. The standard InChI is InChI=1S/C22H34/c1-5-16-7-9-19-18-8-6-17-14-15(2)10-12-22(17,4)20(18)11-13-21(16,19)3/h14,16,18-20H,2,5-13H2,1,3-4H3/t16-,18?,19?,20?,21+,22-/m0/s1. The first kappa shape index (κ1) is 15.0. The first-order valence-corrected chi connectivity index (χ1v) is 9.88. The van der Waals surface area contributed by atoms with E-state index in [4.69, 9.17) is 0 Å². The summed E-state index contributed by atoms with van der Waals surface area (Å²) in [5, 5.41) is 0. The highest BCUT2D eigenvalue weighted by Gasteiger charge is 2.58. The third-order valence-electron chi connectivity index (χ3n) is 8.77. The lowest BCUT2D eigenvalue weighted by Crippen LogP contribution is -2.50. The van der Waals surface area contributed by atoms with Crippen molar-refractivity contribution in [2.45, 2.75) is 78.6 Å². The molecule has 0 N–H and O–H groups in total. The molecule has 0 bridgehead atoms. The van der Waals surface area contributed by atoms with Crippen LogP contribution < -0.4 is 0 Å². The van der Waals surface area contributed by atoms with Crippen LogP contribution in [0.1, 0.15) is 78.6 Å². The average molecular weight is 299 g/mol. The van der Waals surface area contributed by atoms with E-state index in [-0.39, 0.29) is 0 Å². The van der Waals surface area contributed by atoms with E-state index in [9.17, 15) is 0 Å². The molecule has 3 fully saturated rings. The van der Waals surface area contributed by atoms with Crippen molar-refractivity contribution >= 4 is 0 Å². The van der Waals surface area contributed by atoms with Crippen LogP contribution in [0.4, 0.5) is 0 Å². The molecular weight excluding hydrogens is 264 g/mol. The number of hydrogen-bond acceptors (Lipinski definition) is 0. The van der Waals surface area contributed by atoms with Gasteiger partial charge in [0.25, 0.3) is 0 Å². The van der Waals surface area contributed by atoms with Gasteiger partial charge in [0.15, 0.2) is 0 Å². The lowest BCUT2D eigenvalue weighted by molar-refractivity contribution is -0.0502. The van der Waals surface area contributed by atoms with Crippen LogP contribution in [0.3, 0.4) is 0 Å². The van der Waals surface area contributed by atoms with E-state index >= 15 is 0 Å². The fraction of sp³-hybridized carbons (Fsp3) is 0.818. The molecule has 0 saturated heterocycles. The molecule has 6 atom stereocenters. The summed E-state index contributed by atoms with van der Waals surface area (Å²) in [4.78, 5) is 0. The van der Waals surface area contributed by atoms with Crippen molar-refractivity contribution in [3.8, 4) is 0 Å². The van der Waals surface area contributed by atoms with Crippen molar-refractivity contribution in [3.05, 3.63) is 23.8 Å². The Morgan fingerprint density at radius 2 is 1.86 bits per heavy atom. The fourth-order valence-corrected chi connectivity index (χ4v) is 7.43. The third-order valence-corrected chi connectivity index (χ3v) is 8.77. The van der Waals surface area contributed by atoms with Crippen LogP contribution in [0.25, 0.3) is 0 Å². The molecule has 122 valence electrons. The van der Waals surface area contributed by atoms with Crippen LogP contribution >= 0.6 is 0 Å². The van der Waals surface area contributed by atoms with E-state index in [0.29, 0.717) is 10.8 Å². The Kier molecular flexibility index (Phi) is 3.41. The van der Waals surface area contributed by atoms with E-state index in [0.717, 1.165) is 23.7 Å². The van der Waals surface area contributed by atoms with Gasteiger partial charge in [0.1, 0.15) is 0 Å². The second-order valence-electron chi connectivity index (χ2n) is 9.39. The molecule has 0 heteroatoms. The second kappa shape index (κ2) is 4.99. The zero-order chi connectivity index (χ0) is 15.5. The number of allylic oxidation sites excluding steroid dienone is 3. The third kappa shape index (κ3) is 1.88. The molecule has 0 aromatic rings. The van der Waals surface area contributed by atoms with Gasteiger partial charge in [-0.3, -0.25) is 0 Å². The molecule has 0 heterocycles. The van der Waals surface area contributed by atoms with Crippen molar-refractivity contribution in [2.75, 3.05) is 0 Å². The van der Waals surface area contributed by atoms with E-state index in [1.807, 2.05) is 0 Å². The van der Waals surface area contributed by atoms with Gasteiger partial charge < -0.3 is 0 Å². The van der Waals surface area contributed by atoms with Gasteiger partial charge >= 0.3 is 0 Å². The van der Waals surface area contributed by atoms with Gasteiger partial charge in [-0.15, -0.1) is 0 Å². The molecule has 0 radical (unpaired) electrons. The summed E-state index contributed by atoms with van der Waals surface area (Å²) >= 11 is 0. The Morgan fingerprint density at radius 3 is 2.64 bits per heavy atom. The maximum Gasteiger partial charge on any atom is -0.00790 e. The minimum absolute atomic E-state index is 0.510. The van der Waals surface area contributed by atoms with Crippen molar-refractivity contribution in [2.24, 2.45) is 34.5 Å². The van der Waals surface area contributed by atoms with Gasteiger partial charge in [-0.1, -0.05) is 51.0 Å². The van der Waals surface area contributed by atoms with Crippen LogP contribution in [-0.4, -0.2) is 0 Å². The van der Waals surface area contributed by atoms with Gasteiger partial charge in [-0.05, 0) is 85.9 Å². The Hall–Kier alpha value is -0.520. The molecule has 3 saturated carbocycles. The Labute approximate surface area is 137 Å². The molecule has 0 aromatic heterocycles. The first-order chi connectivity index (χ1) is 10.5. The molecular formula is C22H34. The normalized spacial score (nSPS) is 50.9. The smallest absolute Gasteiger partial charge is 0.00790 e. The SMILES string of the molecule is C=C1C=C2CCC3C(CC[C@@]4(C)C3CC[C@@H]4CC)[C@@]2(C)CC1. The van der Waals surface area contributed by atoms with E-state index < -0.39 is 0 Å². The van der Waals surface area contributed by atoms with Crippen molar-refractivity contribution < 1.29 is 0 Å². The summed E-state index contributed by atoms with van der Waals surface area (Å²) in [5.41, 5.74) is 4.33. The van der Waals surface area contributed by atoms with Gasteiger partial charge in [-0.25, -0.2) is 0 Å². The quantitative estimate of drug-likeness (QED) is 0.516. The molecule has 0 nitrogen and oxygen atoms in total. The topological polar surface area (TPSA) is 0 Å². The molecule has 4 aliphatic carbocycles. The molecule has 0 amide bonds. The lowest BCUT2D eigenvalue weighted by Gasteiger charge is -2.58. The fourth-order valence-electron chi connectivity index (χ4n) is 7.43. The van der Waals surface area contributed by atoms with Gasteiger partial charge in [0.05, 0.1) is 0 Å². The summed E-state index contributed by atoms with van der Waals surface area (Å²) in [7, 11) is 0. The largest absolute Gasteiger partial charge is 0.0958 e. The molecule has 22 heavy (non-hydrogen) atoms. The minimum atomic E-state index is 0.510. The molecule has 4 aliphatic rings. The summed E-state index contributed by atoms with van der Waals surface area (Å²) in [5.74, 6) is 4.02. The summed E-state index contributed by atoms with van der Waals surface area (Å²) in [6.45, 7) is 11.9. The number of rotatable bonds is 1. The maximum atomic E-state index is 4.25. The van der Waals surface area contributed by atoms with Crippen LogP contribution in [0.2, 0.25) is 0 Å². The Bertz CT molecular complexity index is 512. The summed E-state index contributed by atoms with van der Waals surface area (Å²) in [6.07, 6.45) is 15.4. The van der Waals surface area contributed by atoms with Gasteiger partial charge in [-0.2, -0.15) is 0 Å². The second-order valence-corrected chi connectivity index (χ2v) is 9.39. The van der Waals surface area contributed by atoms with Crippen LogP contribution in [0.15, 0.2) is 23.8 Å². The predicted molar refractivity (Wildman–Crippen MR) is 94.6 cm³/mol. The highest BCUT2D eigenvalue weighted by molar-refractivity contribution is 5.33. The number of fused-ring (bicyclic) bond motifs is 5. The molecule has 4 rings (SSSR count). The van der Waals surface area contributed by atoms with Crippen molar-refractivity contribution in [3.63, 3.8) is 0 Å². The molecule has 0 aromatic carbocycles. The van der Waals surface area contributed by atoms with Crippen molar-refractivity contribution in [1.29, 1.82) is 0 Å².